The van der Waals surface area contributed by atoms with Crippen LogP contribution in [0.15, 0.2) is 47.9 Å². The number of likely N-dealkylation sites (N-methyl/N-ethyl adjacent to an activating group) is 1. The summed E-state index contributed by atoms with van der Waals surface area (Å²) in [5.74, 6) is 1.22. The van der Waals surface area contributed by atoms with Gasteiger partial charge in [-0.15, -0.1) is 0 Å². The smallest absolute Gasteiger partial charge is 0.259 e. The van der Waals surface area contributed by atoms with Gasteiger partial charge in [0.2, 0.25) is 11.8 Å². The molecule has 4 heterocycles. The lowest BCUT2D eigenvalue weighted by Gasteiger charge is -2.35. The summed E-state index contributed by atoms with van der Waals surface area (Å²) < 4.78 is 18.2. The first-order valence-electron chi connectivity index (χ1n) is 14.8. The third-order valence-corrected chi connectivity index (χ3v) is 8.89. The van der Waals surface area contributed by atoms with Crippen molar-refractivity contribution in [1.82, 2.24) is 19.4 Å². The highest BCUT2D eigenvalue weighted by atomic mass is 35.5. The number of methoxy groups -OCH3 is 3. The molecule has 1 aliphatic heterocycles. The van der Waals surface area contributed by atoms with Crippen molar-refractivity contribution in [2.45, 2.75) is 20.4 Å². The van der Waals surface area contributed by atoms with Crippen LogP contribution < -0.4 is 30.0 Å². The summed E-state index contributed by atoms with van der Waals surface area (Å²) >= 11 is 13.4. The van der Waals surface area contributed by atoms with E-state index >= 15 is 0 Å². The number of nitrogens with zero attached hydrogens (tertiary/aromatic N) is 5. The number of pyridine rings is 3. The molecule has 13 heteroatoms. The average Bonchev–Trinajstić information content (AvgIpc) is 3.08. The van der Waals surface area contributed by atoms with Gasteiger partial charge in [-0.05, 0) is 37.7 Å². The highest BCUT2D eigenvalue weighted by molar-refractivity contribution is 6.41. The second-order valence-electron chi connectivity index (χ2n) is 10.6. The summed E-state index contributed by atoms with van der Waals surface area (Å²) in [5, 5.41) is 3.97. The molecular weight excluding hydrogens is 631 g/mol. The van der Waals surface area contributed by atoms with E-state index in [1.54, 1.807) is 35.0 Å². The van der Waals surface area contributed by atoms with E-state index in [2.05, 4.69) is 28.6 Å². The first-order valence-corrected chi connectivity index (χ1v) is 15.6. The van der Waals surface area contributed by atoms with Gasteiger partial charge >= 0.3 is 0 Å². The highest BCUT2D eigenvalue weighted by Gasteiger charge is 2.25. The zero-order chi connectivity index (χ0) is 33.1. The van der Waals surface area contributed by atoms with Gasteiger partial charge in [0, 0.05) is 55.9 Å². The fourth-order valence-electron chi connectivity index (χ4n) is 5.65. The van der Waals surface area contributed by atoms with Gasteiger partial charge in [-0.25, -0.2) is 0 Å². The summed E-state index contributed by atoms with van der Waals surface area (Å²) in [6, 6.07) is 6.88. The number of fused-ring (bicyclic) bond motifs is 1. The minimum Gasteiger partial charge on any atom is -0.495 e. The lowest BCUT2D eigenvalue weighted by Crippen LogP contribution is -2.46. The minimum absolute atomic E-state index is 0.193. The quantitative estimate of drug-likeness (QED) is 0.212. The van der Waals surface area contributed by atoms with Crippen molar-refractivity contribution >= 4 is 51.5 Å². The third-order valence-electron chi connectivity index (χ3n) is 8.14. The number of benzene rings is 1. The monoisotopic (exact) mass is 666 g/mol. The summed E-state index contributed by atoms with van der Waals surface area (Å²) in [7, 11) is 4.49. The zero-order valence-electron chi connectivity index (χ0n) is 26.4. The first kappa shape index (κ1) is 33.1. The Morgan fingerprint density at radius 3 is 2.20 bits per heavy atom. The number of anilines is 2. The van der Waals surface area contributed by atoms with Gasteiger partial charge in [0.05, 0.1) is 59.4 Å². The highest BCUT2D eigenvalue weighted by Crippen LogP contribution is 2.45. The van der Waals surface area contributed by atoms with Crippen molar-refractivity contribution in [2.75, 3.05) is 64.3 Å². The Morgan fingerprint density at radius 2 is 1.63 bits per heavy atom. The molecule has 0 unspecified atom stereocenters. The van der Waals surface area contributed by atoms with Gasteiger partial charge in [0.25, 0.3) is 5.56 Å². The predicted octanol–water partition coefficient (Wildman–Crippen LogP) is 5.74. The molecule has 5 rings (SSSR count). The van der Waals surface area contributed by atoms with Gasteiger partial charge in [0.15, 0.2) is 5.82 Å². The average molecular weight is 668 g/mol. The van der Waals surface area contributed by atoms with Crippen molar-refractivity contribution in [2.24, 2.45) is 0 Å². The Bertz CT molecular complexity index is 1840. The number of nitrogens with one attached hydrogen (secondary N) is 1. The molecule has 1 saturated heterocycles. The van der Waals surface area contributed by atoms with E-state index in [4.69, 9.17) is 47.4 Å². The summed E-state index contributed by atoms with van der Waals surface area (Å²) in [5.41, 5.74) is 2.45. The van der Waals surface area contributed by atoms with E-state index in [9.17, 15) is 9.59 Å². The van der Waals surface area contributed by atoms with Gasteiger partial charge < -0.3 is 33.9 Å². The van der Waals surface area contributed by atoms with Gasteiger partial charge in [0.1, 0.15) is 11.5 Å². The molecule has 0 atom stereocenters. The molecule has 3 aromatic heterocycles. The first-order chi connectivity index (χ1) is 22.2. The van der Waals surface area contributed by atoms with Crippen LogP contribution in [-0.4, -0.2) is 79.4 Å². The number of ether oxygens (including phenoxy) is 3. The molecule has 0 aliphatic carbocycles. The number of halogens is 2. The second-order valence-corrected chi connectivity index (χ2v) is 11.3. The molecule has 1 amide bonds. The predicted molar refractivity (Wildman–Crippen MR) is 183 cm³/mol. The van der Waals surface area contributed by atoms with Crippen molar-refractivity contribution in [3.63, 3.8) is 0 Å². The van der Waals surface area contributed by atoms with E-state index in [0.717, 1.165) is 32.7 Å². The molecule has 242 valence electrons. The SMILES string of the molecule is C=CC(=O)Nc1cc(-c2cc3c(cn2)cc(-c2c(Cl)c(OC)cc(OC)c2Cl)c(=O)n3CC)c(OC)nc1N1CCN(CC)CC1. The van der Waals surface area contributed by atoms with Crippen molar-refractivity contribution in [1.29, 1.82) is 0 Å². The molecule has 4 aromatic rings. The Kier molecular flexibility index (Phi) is 10.0. The topological polar surface area (TPSA) is 111 Å². The van der Waals surface area contributed by atoms with Crippen LogP contribution in [0.25, 0.3) is 33.3 Å². The number of aryl methyl sites for hydroxylation is 1. The maximum atomic E-state index is 14.0. The van der Waals surface area contributed by atoms with Crippen LogP contribution >= 0.6 is 23.2 Å². The molecule has 0 bridgehead atoms. The molecule has 0 saturated carbocycles. The molecule has 46 heavy (non-hydrogen) atoms. The molecular formula is C33H36Cl2N6O5. The maximum absolute atomic E-state index is 14.0. The molecule has 1 aliphatic rings. The normalized spacial score (nSPS) is 13.5. The lowest BCUT2D eigenvalue weighted by atomic mass is 10.0. The number of hydrogen-bond donors (Lipinski definition) is 1. The molecule has 0 spiro atoms. The van der Waals surface area contributed by atoms with Crippen LogP contribution in [0.1, 0.15) is 13.8 Å². The molecule has 11 nitrogen and oxygen atoms in total. The van der Waals surface area contributed by atoms with Crippen molar-refractivity contribution in [3.05, 3.63) is 63.5 Å². The van der Waals surface area contributed by atoms with Crippen LogP contribution in [0.2, 0.25) is 10.0 Å². The number of carbonyl (C=O) groups excluding carboxylic acids is 1. The number of hydrogen-bond acceptors (Lipinski definition) is 9. The minimum atomic E-state index is -0.364. The van der Waals surface area contributed by atoms with Gasteiger partial charge in [-0.1, -0.05) is 36.7 Å². The summed E-state index contributed by atoms with van der Waals surface area (Å²) in [6.07, 6.45) is 2.88. The van der Waals surface area contributed by atoms with Crippen LogP contribution in [0.4, 0.5) is 11.5 Å². The number of amides is 1. The van der Waals surface area contributed by atoms with E-state index in [-0.39, 0.29) is 27.1 Å². The van der Waals surface area contributed by atoms with Crippen LogP contribution in [0.5, 0.6) is 17.4 Å². The molecule has 1 aromatic carbocycles. The molecule has 0 radical (unpaired) electrons. The fraction of sp³-hybridized carbons (Fsp3) is 0.333. The second kappa shape index (κ2) is 14.0. The van der Waals surface area contributed by atoms with Gasteiger partial charge in [-0.2, -0.15) is 4.98 Å². The van der Waals surface area contributed by atoms with E-state index < -0.39 is 0 Å². The Labute approximate surface area is 277 Å². The standard InChI is InChI=1S/C33H36Cl2N6O5/c1-7-27(42)37-23-15-20(32(46-6)38-31(23)40-12-10-39(8-2)11-13-40)22-16-24-19(18-36-22)14-21(33(43)41(24)9-3)28-29(34)25(44-4)17-26(45-5)30(28)35/h7,14-18H,1,8-13H2,2-6H3,(H,37,42). The lowest BCUT2D eigenvalue weighted by molar-refractivity contribution is -0.111. The zero-order valence-corrected chi connectivity index (χ0v) is 28.0. The number of aromatic nitrogens is 3. The Hall–Kier alpha value is -4.32. The fourth-order valence-corrected chi connectivity index (χ4v) is 6.36. The molecule has 1 N–H and O–H groups in total. The Morgan fingerprint density at radius 1 is 0.957 bits per heavy atom. The van der Waals surface area contributed by atoms with E-state index in [0.29, 0.717) is 63.2 Å². The van der Waals surface area contributed by atoms with E-state index in [1.165, 1.54) is 27.4 Å². The maximum Gasteiger partial charge on any atom is 0.259 e. The summed E-state index contributed by atoms with van der Waals surface area (Å²) in [4.78, 5) is 40.6. The Balaban J connectivity index is 1.67. The van der Waals surface area contributed by atoms with Crippen LogP contribution in [-0.2, 0) is 11.3 Å². The largest absolute Gasteiger partial charge is 0.495 e. The van der Waals surface area contributed by atoms with Gasteiger partial charge in [-0.3, -0.25) is 14.6 Å². The molecule has 1 fully saturated rings. The van der Waals surface area contributed by atoms with Crippen molar-refractivity contribution in [3.8, 4) is 39.8 Å². The number of rotatable bonds is 10. The van der Waals surface area contributed by atoms with Crippen LogP contribution in [0, 0.1) is 0 Å². The summed E-state index contributed by atoms with van der Waals surface area (Å²) in [6.45, 7) is 12.2. The van der Waals surface area contributed by atoms with Crippen LogP contribution in [0.3, 0.4) is 0 Å². The van der Waals surface area contributed by atoms with E-state index in [1.807, 2.05) is 6.92 Å². The third kappa shape index (κ3) is 6.10. The van der Waals surface area contributed by atoms with Crippen molar-refractivity contribution < 1.29 is 19.0 Å². The number of piperazine rings is 1. The number of carbonyl (C=O) groups is 1.